The van der Waals surface area contributed by atoms with Crippen LogP contribution in [0.2, 0.25) is 0 Å². The van der Waals surface area contributed by atoms with Crippen LogP contribution in [0.4, 0.5) is 0 Å². The van der Waals surface area contributed by atoms with Gasteiger partial charge in [-0.25, -0.2) is 0 Å². The first-order chi connectivity index (χ1) is 7.16. The van der Waals surface area contributed by atoms with Crippen molar-refractivity contribution in [3.63, 3.8) is 0 Å². The van der Waals surface area contributed by atoms with Gasteiger partial charge in [0, 0.05) is 6.04 Å². The van der Waals surface area contributed by atoms with E-state index in [0.29, 0.717) is 6.04 Å². The molecule has 1 atom stereocenters. The van der Waals surface area contributed by atoms with Gasteiger partial charge in [0.1, 0.15) is 5.72 Å². The van der Waals surface area contributed by atoms with Crippen LogP contribution in [0.3, 0.4) is 0 Å². The molecular weight excluding hydrogens is 186 g/mol. The molecule has 0 aromatic heterocycles. The van der Waals surface area contributed by atoms with Gasteiger partial charge >= 0.3 is 0 Å². The molecule has 15 heavy (non-hydrogen) atoms. The fourth-order valence-corrected chi connectivity index (χ4v) is 2.02. The molecule has 0 radical (unpaired) electrons. The summed E-state index contributed by atoms with van der Waals surface area (Å²) in [5.74, 6) is 0. The molecule has 2 heteroatoms. The predicted octanol–water partition coefficient (Wildman–Crippen LogP) is 2.34. The molecule has 82 valence electrons. The van der Waals surface area contributed by atoms with Crippen molar-refractivity contribution in [3.05, 3.63) is 35.9 Å². The third-order valence-corrected chi connectivity index (χ3v) is 2.82. The van der Waals surface area contributed by atoms with Crippen molar-refractivity contribution in [2.24, 2.45) is 0 Å². The van der Waals surface area contributed by atoms with E-state index in [1.807, 2.05) is 0 Å². The molecule has 1 aromatic rings. The molecule has 0 amide bonds. The molecular formula is C13H19NO. The first-order valence-corrected chi connectivity index (χ1v) is 5.61. The van der Waals surface area contributed by atoms with E-state index in [1.54, 1.807) is 0 Å². The summed E-state index contributed by atoms with van der Waals surface area (Å²) in [6.45, 7) is 4.99. The van der Waals surface area contributed by atoms with Crippen LogP contribution < -0.4 is 5.32 Å². The average Bonchev–Trinajstić information content (AvgIpc) is 2.57. The maximum absolute atomic E-state index is 5.63. The highest BCUT2D eigenvalue weighted by Gasteiger charge is 2.30. The van der Waals surface area contributed by atoms with Gasteiger partial charge in [-0.1, -0.05) is 30.3 Å². The first-order valence-electron chi connectivity index (χ1n) is 5.61. The highest BCUT2D eigenvalue weighted by molar-refractivity contribution is 5.14. The maximum Gasteiger partial charge on any atom is 0.113 e. The molecule has 1 aliphatic rings. The summed E-state index contributed by atoms with van der Waals surface area (Å²) >= 11 is 0. The summed E-state index contributed by atoms with van der Waals surface area (Å²) in [5.41, 5.74) is 1.27. The fraction of sp³-hybridized carbons (Fsp3) is 0.538. The Hall–Kier alpha value is -0.860. The van der Waals surface area contributed by atoms with Gasteiger partial charge in [-0.2, -0.15) is 0 Å². The van der Waals surface area contributed by atoms with Gasteiger partial charge in [0.05, 0.1) is 6.61 Å². The molecule has 0 unspecified atom stereocenters. The summed E-state index contributed by atoms with van der Waals surface area (Å²) in [7, 11) is 0. The second kappa shape index (κ2) is 4.33. The van der Waals surface area contributed by atoms with E-state index >= 15 is 0 Å². The van der Waals surface area contributed by atoms with E-state index in [1.165, 1.54) is 5.56 Å². The van der Waals surface area contributed by atoms with E-state index in [4.69, 9.17) is 4.74 Å². The molecule has 1 aliphatic heterocycles. The zero-order chi connectivity index (χ0) is 10.7. The largest absolute Gasteiger partial charge is 0.360 e. The Morgan fingerprint density at radius 1 is 1.33 bits per heavy atom. The SMILES string of the molecule is CC1(C)N[C@@H](CCc2ccccc2)CO1. The lowest BCUT2D eigenvalue weighted by molar-refractivity contribution is 0.0231. The summed E-state index contributed by atoms with van der Waals surface area (Å²) in [6.07, 6.45) is 2.27. The number of hydrogen-bond donors (Lipinski definition) is 1. The van der Waals surface area contributed by atoms with Gasteiger partial charge in [-0.15, -0.1) is 0 Å². The van der Waals surface area contributed by atoms with Crippen molar-refractivity contribution in [1.82, 2.24) is 5.32 Å². The van der Waals surface area contributed by atoms with Gasteiger partial charge in [0.15, 0.2) is 0 Å². The minimum Gasteiger partial charge on any atom is -0.360 e. The lowest BCUT2D eigenvalue weighted by Crippen LogP contribution is -2.38. The molecule has 1 heterocycles. The van der Waals surface area contributed by atoms with Crippen molar-refractivity contribution in [2.45, 2.75) is 38.5 Å². The minimum absolute atomic E-state index is 0.138. The van der Waals surface area contributed by atoms with Crippen molar-refractivity contribution in [3.8, 4) is 0 Å². The first kappa shape index (κ1) is 10.7. The summed E-state index contributed by atoms with van der Waals surface area (Å²) < 4.78 is 5.63. The number of nitrogens with one attached hydrogen (secondary N) is 1. The molecule has 0 spiro atoms. The van der Waals surface area contributed by atoms with E-state index in [9.17, 15) is 0 Å². The quantitative estimate of drug-likeness (QED) is 0.818. The summed E-state index contributed by atoms with van der Waals surface area (Å²) in [6, 6.07) is 11.1. The maximum atomic E-state index is 5.63. The van der Waals surface area contributed by atoms with Gasteiger partial charge in [0.2, 0.25) is 0 Å². The summed E-state index contributed by atoms with van der Waals surface area (Å²) in [4.78, 5) is 0. The Kier molecular flexibility index (Phi) is 3.08. The second-order valence-electron chi connectivity index (χ2n) is 4.69. The molecule has 1 aromatic carbocycles. The Morgan fingerprint density at radius 3 is 2.67 bits per heavy atom. The fourth-order valence-electron chi connectivity index (χ4n) is 2.02. The van der Waals surface area contributed by atoms with E-state index < -0.39 is 0 Å². The highest BCUT2D eigenvalue weighted by Crippen LogP contribution is 2.17. The Balaban J connectivity index is 1.80. The topological polar surface area (TPSA) is 21.3 Å². The van der Waals surface area contributed by atoms with Crippen LogP contribution in [0.1, 0.15) is 25.8 Å². The summed E-state index contributed by atoms with van der Waals surface area (Å²) in [5, 5.41) is 3.48. The van der Waals surface area contributed by atoms with Crippen LogP contribution in [0.25, 0.3) is 0 Å². The van der Waals surface area contributed by atoms with Crippen molar-refractivity contribution >= 4 is 0 Å². The highest BCUT2D eigenvalue weighted by atomic mass is 16.5. The minimum atomic E-state index is -0.138. The molecule has 0 bridgehead atoms. The van der Waals surface area contributed by atoms with Crippen molar-refractivity contribution in [1.29, 1.82) is 0 Å². The van der Waals surface area contributed by atoms with Crippen LogP contribution >= 0.6 is 0 Å². The third kappa shape index (κ3) is 3.05. The second-order valence-corrected chi connectivity index (χ2v) is 4.69. The monoisotopic (exact) mass is 205 g/mol. The third-order valence-electron chi connectivity index (χ3n) is 2.82. The Labute approximate surface area is 91.6 Å². The molecule has 2 nitrogen and oxygen atoms in total. The molecule has 2 rings (SSSR count). The predicted molar refractivity (Wildman–Crippen MR) is 61.7 cm³/mol. The molecule has 0 aliphatic carbocycles. The smallest absolute Gasteiger partial charge is 0.113 e. The Bertz CT molecular complexity index is 308. The molecule has 1 fully saturated rings. The zero-order valence-electron chi connectivity index (χ0n) is 9.49. The van der Waals surface area contributed by atoms with Crippen LogP contribution in [-0.2, 0) is 11.2 Å². The van der Waals surface area contributed by atoms with Crippen molar-refractivity contribution < 1.29 is 4.74 Å². The van der Waals surface area contributed by atoms with Gasteiger partial charge in [-0.3, -0.25) is 5.32 Å². The Morgan fingerprint density at radius 2 is 2.07 bits per heavy atom. The molecule has 1 saturated heterocycles. The van der Waals surface area contributed by atoms with E-state index in [2.05, 4.69) is 49.5 Å². The van der Waals surface area contributed by atoms with Crippen LogP contribution in [0.5, 0.6) is 0 Å². The van der Waals surface area contributed by atoms with Crippen molar-refractivity contribution in [2.75, 3.05) is 6.61 Å². The molecule has 1 N–H and O–H groups in total. The lowest BCUT2D eigenvalue weighted by Gasteiger charge is -2.18. The van der Waals surface area contributed by atoms with Crippen LogP contribution in [0, 0.1) is 0 Å². The number of rotatable bonds is 3. The number of aryl methyl sites for hydroxylation is 1. The normalized spacial score (nSPS) is 24.3. The van der Waals surface area contributed by atoms with E-state index in [0.717, 1.165) is 19.4 Å². The van der Waals surface area contributed by atoms with Crippen LogP contribution in [0.15, 0.2) is 30.3 Å². The van der Waals surface area contributed by atoms with Crippen LogP contribution in [-0.4, -0.2) is 18.4 Å². The molecule has 0 saturated carbocycles. The number of ether oxygens (including phenoxy) is 1. The number of hydrogen-bond acceptors (Lipinski definition) is 2. The lowest BCUT2D eigenvalue weighted by atomic mass is 10.1. The zero-order valence-corrected chi connectivity index (χ0v) is 9.49. The van der Waals surface area contributed by atoms with Gasteiger partial charge in [0.25, 0.3) is 0 Å². The standard InChI is InChI=1S/C13H19NO/c1-13(2)14-12(10-15-13)9-8-11-6-4-3-5-7-11/h3-7,12,14H,8-10H2,1-2H3/t12-/m0/s1. The van der Waals surface area contributed by atoms with Gasteiger partial charge in [-0.05, 0) is 32.3 Å². The van der Waals surface area contributed by atoms with Gasteiger partial charge < -0.3 is 4.74 Å². The number of benzene rings is 1. The van der Waals surface area contributed by atoms with E-state index in [-0.39, 0.29) is 5.72 Å². The average molecular weight is 205 g/mol.